The number of nitrogens with one attached hydrogen (secondary N) is 1. The number of hydrogen-bond donors (Lipinski definition) is 1. The first-order valence-electron chi connectivity index (χ1n) is 6.02. The van der Waals surface area contributed by atoms with Crippen molar-refractivity contribution in [2.24, 2.45) is 0 Å². The van der Waals surface area contributed by atoms with Crippen molar-refractivity contribution in [2.45, 2.75) is 13.0 Å². The van der Waals surface area contributed by atoms with Gasteiger partial charge in [-0.1, -0.05) is 35.3 Å². The molecule has 2 rings (SSSR count). The lowest BCUT2D eigenvalue weighted by molar-refractivity contribution is 0.554. The lowest BCUT2D eigenvalue weighted by Gasteiger charge is -2.20. The van der Waals surface area contributed by atoms with Crippen LogP contribution in [0.1, 0.15) is 22.7 Å². The van der Waals surface area contributed by atoms with Gasteiger partial charge in [0.1, 0.15) is 11.6 Å². The summed E-state index contributed by atoms with van der Waals surface area (Å²) in [6.45, 7) is 1.52. The van der Waals surface area contributed by atoms with Crippen LogP contribution in [0.2, 0.25) is 10.0 Å². The highest BCUT2D eigenvalue weighted by molar-refractivity contribution is 6.42. The van der Waals surface area contributed by atoms with Gasteiger partial charge in [-0.05, 0) is 43.3 Å². The summed E-state index contributed by atoms with van der Waals surface area (Å²) in [5, 5.41) is 3.64. The molecule has 0 saturated carbocycles. The summed E-state index contributed by atoms with van der Waals surface area (Å²) in [6.07, 6.45) is 0. The van der Waals surface area contributed by atoms with E-state index in [9.17, 15) is 8.78 Å². The molecule has 0 fully saturated rings. The zero-order valence-corrected chi connectivity index (χ0v) is 12.5. The fourth-order valence-electron chi connectivity index (χ4n) is 2.10. The van der Waals surface area contributed by atoms with Crippen LogP contribution in [0.3, 0.4) is 0 Å². The van der Waals surface area contributed by atoms with Crippen LogP contribution in [0.4, 0.5) is 8.78 Å². The molecule has 0 amide bonds. The van der Waals surface area contributed by atoms with Crippen LogP contribution in [0.15, 0.2) is 30.3 Å². The van der Waals surface area contributed by atoms with Gasteiger partial charge >= 0.3 is 0 Å². The van der Waals surface area contributed by atoms with Gasteiger partial charge in [-0.25, -0.2) is 8.78 Å². The predicted molar refractivity (Wildman–Crippen MR) is 78.5 cm³/mol. The molecule has 0 heterocycles. The highest BCUT2D eigenvalue weighted by Gasteiger charge is 2.21. The van der Waals surface area contributed by atoms with Crippen molar-refractivity contribution in [1.29, 1.82) is 0 Å². The quantitative estimate of drug-likeness (QED) is 0.850. The Hall–Kier alpha value is -1.16. The van der Waals surface area contributed by atoms with E-state index >= 15 is 0 Å². The Balaban J connectivity index is 2.58. The molecule has 0 bridgehead atoms. The second kappa shape index (κ2) is 6.08. The highest BCUT2D eigenvalue weighted by atomic mass is 35.5. The lowest BCUT2D eigenvalue weighted by atomic mass is 9.97. The first-order chi connectivity index (χ1) is 9.45. The molecule has 0 aliphatic rings. The van der Waals surface area contributed by atoms with E-state index in [4.69, 9.17) is 23.2 Å². The topological polar surface area (TPSA) is 12.0 Å². The number of benzene rings is 2. The van der Waals surface area contributed by atoms with Gasteiger partial charge in [0.05, 0.1) is 16.1 Å². The van der Waals surface area contributed by atoms with E-state index in [0.29, 0.717) is 15.6 Å². The summed E-state index contributed by atoms with van der Waals surface area (Å²) in [6, 6.07) is 6.88. The van der Waals surface area contributed by atoms with Crippen molar-refractivity contribution in [3.8, 4) is 0 Å². The van der Waals surface area contributed by atoms with E-state index in [1.807, 2.05) is 0 Å². The molecule has 0 aliphatic heterocycles. The average Bonchev–Trinajstić information content (AvgIpc) is 2.41. The van der Waals surface area contributed by atoms with E-state index in [2.05, 4.69) is 5.32 Å². The summed E-state index contributed by atoms with van der Waals surface area (Å²) >= 11 is 12.1. The molecule has 0 saturated heterocycles. The second-order valence-corrected chi connectivity index (χ2v) is 5.27. The monoisotopic (exact) mass is 315 g/mol. The molecule has 0 aliphatic carbocycles. The van der Waals surface area contributed by atoms with Crippen molar-refractivity contribution in [1.82, 2.24) is 5.32 Å². The molecule has 1 nitrogen and oxygen atoms in total. The van der Waals surface area contributed by atoms with Crippen molar-refractivity contribution < 1.29 is 8.78 Å². The first-order valence-corrected chi connectivity index (χ1v) is 6.78. The van der Waals surface area contributed by atoms with Gasteiger partial charge in [0, 0.05) is 5.56 Å². The Labute approximate surface area is 126 Å². The fraction of sp³-hybridized carbons (Fsp3) is 0.200. The van der Waals surface area contributed by atoms with Gasteiger partial charge < -0.3 is 5.32 Å². The second-order valence-electron chi connectivity index (χ2n) is 4.49. The van der Waals surface area contributed by atoms with E-state index in [1.54, 1.807) is 25.2 Å². The van der Waals surface area contributed by atoms with Gasteiger partial charge in [-0.15, -0.1) is 0 Å². The molecule has 0 spiro atoms. The third kappa shape index (κ3) is 2.80. The van der Waals surface area contributed by atoms with Crippen LogP contribution in [-0.2, 0) is 0 Å². The minimum Gasteiger partial charge on any atom is -0.309 e. The van der Waals surface area contributed by atoms with E-state index in [0.717, 1.165) is 0 Å². The maximum atomic E-state index is 14.1. The Morgan fingerprint density at radius 2 is 1.75 bits per heavy atom. The SMILES string of the molecule is CNC(c1cc(F)c(C)cc1F)c1cccc(Cl)c1Cl. The van der Waals surface area contributed by atoms with Gasteiger partial charge in [-0.2, -0.15) is 0 Å². The molecule has 106 valence electrons. The Morgan fingerprint density at radius 1 is 1.05 bits per heavy atom. The van der Waals surface area contributed by atoms with E-state index in [1.165, 1.54) is 19.1 Å². The summed E-state index contributed by atoms with van der Waals surface area (Å²) in [7, 11) is 1.65. The van der Waals surface area contributed by atoms with Crippen LogP contribution >= 0.6 is 23.2 Å². The van der Waals surface area contributed by atoms with Crippen LogP contribution < -0.4 is 5.32 Å². The maximum Gasteiger partial charge on any atom is 0.128 e. The standard InChI is InChI=1S/C15H13Cl2F2N/c1-8-6-13(19)10(7-12(8)18)15(20-2)9-4-3-5-11(16)14(9)17/h3-7,15,20H,1-2H3. The normalized spacial score (nSPS) is 12.5. The summed E-state index contributed by atoms with van der Waals surface area (Å²) in [5.74, 6) is -0.945. The first kappa shape index (κ1) is 15.2. The molecular weight excluding hydrogens is 303 g/mol. The van der Waals surface area contributed by atoms with Crippen LogP contribution in [0, 0.1) is 18.6 Å². The zero-order valence-electron chi connectivity index (χ0n) is 11.0. The zero-order chi connectivity index (χ0) is 14.9. The third-order valence-corrected chi connectivity index (χ3v) is 4.00. The van der Waals surface area contributed by atoms with E-state index < -0.39 is 17.7 Å². The number of halogens is 4. The van der Waals surface area contributed by atoms with Crippen molar-refractivity contribution in [2.75, 3.05) is 7.05 Å². The average molecular weight is 316 g/mol. The predicted octanol–water partition coefficient (Wildman–Crippen LogP) is 4.89. The Kier molecular flexibility index (Phi) is 4.63. The van der Waals surface area contributed by atoms with Gasteiger partial charge in [-0.3, -0.25) is 0 Å². The van der Waals surface area contributed by atoms with Crippen molar-refractivity contribution in [3.63, 3.8) is 0 Å². The summed E-state index contributed by atoms with van der Waals surface area (Å²) in [5.41, 5.74) is 1.06. The van der Waals surface area contributed by atoms with Gasteiger partial charge in [0.2, 0.25) is 0 Å². The number of rotatable bonds is 3. The Bertz CT molecular complexity index is 644. The van der Waals surface area contributed by atoms with Crippen LogP contribution in [0.25, 0.3) is 0 Å². The van der Waals surface area contributed by atoms with E-state index in [-0.39, 0.29) is 11.1 Å². The molecule has 20 heavy (non-hydrogen) atoms. The molecule has 1 atom stereocenters. The molecule has 2 aromatic rings. The number of aryl methyl sites for hydroxylation is 1. The molecule has 1 unspecified atom stereocenters. The van der Waals surface area contributed by atoms with Gasteiger partial charge in [0.15, 0.2) is 0 Å². The van der Waals surface area contributed by atoms with Crippen LogP contribution in [-0.4, -0.2) is 7.05 Å². The molecule has 1 N–H and O–H groups in total. The lowest BCUT2D eigenvalue weighted by Crippen LogP contribution is -2.20. The van der Waals surface area contributed by atoms with Crippen molar-refractivity contribution >= 4 is 23.2 Å². The fourth-order valence-corrected chi connectivity index (χ4v) is 2.52. The summed E-state index contributed by atoms with van der Waals surface area (Å²) in [4.78, 5) is 0. The summed E-state index contributed by atoms with van der Waals surface area (Å²) < 4.78 is 27.8. The maximum absolute atomic E-state index is 14.1. The van der Waals surface area contributed by atoms with Gasteiger partial charge in [0.25, 0.3) is 0 Å². The number of hydrogen-bond acceptors (Lipinski definition) is 1. The molecule has 0 radical (unpaired) electrons. The van der Waals surface area contributed by atoms with Crippen LogP contribution in [0.5, 0.6) is 0 Å². The Morgan fingerprint density at radius 3 is 2.40 bits per heavy atom. The molecule has 2 aromatic carbocycles. The third-order valence-electron chi connectivity index (χ3n) is 3.17. The van der Waals surface area contributed by atoms with Crippen molar-refractivity contribution in [3.05, 3.63) is 68.7 Å². The minimum atomic E-state index is -0.573. The minimum absolute atomic E-state index is 0.194. The highest BCUT2D eigenvalue weighted by Crippen LogP contribution is 2.34. The smallest absolute Gasteiger partial charge is 0.128 e. The molecule has 5 heteroatoms. The largest absolute Gasteiger partial charge is 0.309 e. The molecule has 0 aromatic heterocycles. The molecular formula is C15H13Cl2F2N.